The molecule has 2 aromatic carbocycles. The summed E-state index contributed by atoms with van der Waals surface area (Å²) in [6.07, 6.45) is 0. The van der Waals surface area contributed by atoms with Gasteiger partial charge in [0.15, 0.2) is 6.61 Å². The first kappa shape index (κ1) is 21.1. The standard InChI is InChI=1S/C24H26N2O5/c1-17(22-14-20-4-2-3-5-21(20)31-22)25-23(27)16-30-24(28)19-8-6-18(7-9-19)15-26-10-12-29-13-11-26/h2-9,14,17H,10-13,15-16H2,1H3,(H,25,27)/t17-/m0/s1. The number of para-hydroxylation sites is 1. The molecule has 1 fully saturated rings. The Morgan fingerprint density at radius 1 is 1.10 bits per heavy atom. The number of fused-ring (bicyclic) bond motifs is 1. The Balaban J connectivity index is 1.25. The van der Waals surface area contributed by atoms with Crippen LogP contribution >= 0.6 is 0 Å². The molecule has 31 heavy (non-hydrogen) atoms. The first-order chi connectivity index (χ1) is 15.1. The smallest absolute Gasteiger partial charge is 0.338 e. The van der Waals surface area contributed by atoms with Crippen molar-refractivity contribution in [3.63, 3.8) is 0 Å². The van der Waals surface area contributed by atoms with E-state index < -0.39 is 5.97 Å². The lowest BCUT2D eigenvalue weighted by Crippen LogP contribution is -2.35. The Kier molecular flexibility index (Phi) is 6.64. The third-order valence-electron chi connectivity index (χ3n) is 5.28. The molecule has 1 atom stereocenters. The summed E-state index contributed by atoms with van der Waals surface area (Å²) < 4.78 is 16.3. The highest BCUT2D eigenvalue weighted by Crippen LogP contribution is 2.23. The van der Waals surface area contributed by atoms with E-state index in [0.29, 0.717) is 11.3 Å². The van der Waals surface area contributed by atoms with Crippen LogP contribution < -0.4 is 5.32 Å². The van der Waals surface area contributed by atoms with Gasteiger partial charge in [-0.2, -0.15) is 0 Å². The summed E-state index contributed by atoms with van der Waals surface area (Å²) in [5.74, 6) is -0.258. The number of nitrogens with one attached hydrogen (secondary N) is 1. The van der Waals surface area contributed by atoms with Gasteiger partial charge in [-0.05, 0) is 36.8 Å². The molecule has 0 radical (unpaired) electrons. The molecule has 1 N–H and O–H groups in total. The van der Waals surface area contributed by atoms with E-state index in [1.807, 2.05) is 49.4 Å². The van der Waals surface area contributed by atoms with Crippen molar-refractivity contribution in [3.05, 3.63) is 71.5 Å². The Morgan fingerprint density at radius 3 is 2.58 bits per heavy atom. The number of hydrogen-bond acceptors (Lipinski definition) is 6. The molecule has 0 aliphatic carbocycles. The molecule has 1 aliphatic heterocycles. The van der Waals surface area contributed by atoms with Crippen molar-refractivity contribution in [2.24, 2.45) is 0 Å². The zero-order valence-electron chi connectivity index (χ0n) is 17.5. The van der Waals surface area contributed by atoms with Crippen molar-refractivity contribution in [1.29, 1.82) is 0 Å². The van der Waals surface area contributed by atoms with E-state index in [1.54, 1.807) is 12.1 Å². The van der Waals surface area contributed by atoms with Gasteiger partial charge in [0.1, 0.15) is 11.3 Å². The molecule has 0 bridgehead atoms. The van der Waals surface area contributed by atoms with E-state index in [2.05, 4.69) is 10.2 Å². The summed E-state index contributed by atoms with van der Waals surface area (Å²) >= 11 is 0. The van der Waals surface area contributed by atoms with E-state index in [4.69, 9.17) is 13.9 Å². The van der Waals surface area contributed by atoms with Crippen LogP contribution in [0.2, 0.25) is 0 Å². The van der Waals surface area contributed by atoms with Crippen molar-refractivity contribution < 1.29 is 23.5 Å². The number of nitrogens with zero attached hydrogens (tertiary/aromatic N) is 1. The maximum absolute atomic E-state index is 12.3. The molecule has 0 saturated carbocycles. The zero-order valence-corrected chi connectivity index (χ0v) is 17.5. The summed E-state index contributed by atoms with van der Waals surface area (Å²) in [7, 11) is 0. The number of rotatable bonds is 7. The van der Waals surface area contributed by atoms with Gasteiger partial charge in [0.2, 0.25) is 0 Å². The van der Waals surface area contributed by atoms with Crippen LogP contribution in [0.15, 0.2) is 59.0 Å². The SMILES string of the molecule is C[C@H](NC(=O)COC(=O)c1ccc(CN2CCOCC2)cc1)c1cc2ccccc2o1. The fraction of sp³-hybridized carbons (Fsp3) is 0.333. The molecule has 0 spiro atoms. The Bertz CT molecular complexity index is 1000. The Morgan fingerprint density at radius 2 is 1.84 bits per heavy atom. The van der Waals surface area contributed by atoms with Crippen molar-refractivity contribution in [1.82, 2.24) is 10.2 Å². The maximum Gasteiger partial charge on any atom is 0.338 e. The van der Waals surface area contributed by atoms with E-state index in [-0.39, 0.29) is 18.6 Å². The van der Waals surface area contributed by atoms with Crippen LogP contribution in [0.5, 0.6) is 0 Å². The van der Waals surface area contributed by atoms with Crippen LogP contribution in [-0.4, -0.2) is 49.7 Å². The predicted octanol–water partition coefficient (Wildman–Crippen LogP) is 3.30. The quantitative estimate of drug-likeness (QED) is 0.589. The summed E-state index contributed by atoms with van der Waals surface area (Å²) in [4.78, 5) is 26.8. The summed E-state index contributed by atoms with van der Waals surface area (Å²) in [6.45, 7) is 5.61. The number of furan rings is 1. The minimum absolute atomic E-state index is 0.335. The molecule has 162 valence electrons. The first-order valence-corrected chi connectivity index (χ1v) is 10.4. The van der Waals surface area contributed by atoms with Crippen molar-refractivity contribution in [3.8, 4) is 0 Å². The number of ether oxygens (including phenoxy) is 2. The molecule has 1 amide bonds. The topological polar surface area (TPSA) is 81.0 Å². The summed E-state index contributed by atoms with van der Waals surface area (Å²) in [5, 5.41) is 3.77. The lowest BCUT2D eigenvalue weighted by atomic mass is 10.1. The van der Waals surface area contributed by atoms with Gasteiger partial charge in [-0.3, -0.25) is 9.69 Å². The zero-order chi connectivity index (χ0) is 21.6. The van der Waals surface area contributed by atoms with Gasteiger partial charge in [-0.25, -0.2) is 4.79 Å². The number of morpholine rings is 1. The van der Waals surface area contributed by atoms with Gasteiger partial charge < -0.3 is 19.2 Å². The fourth-order valence-electron chi connectivity index (χ4n) is 3.55. The lowest BCUT2D eigenvalue weighted by Gasteiger charge is -2.26. The molecule has 0 unspecified atom stereocenters. The molecule has 7 nitrogen and oxygen atoms in total. The molecule has 2 heterocycles. The highest BCUT2D eigenvalue weighted by Gasteiger charge is 2.16. The number of carbonyl (C=O) groups is 2. The van der Waals surface area contributed by atoms with Gasteiger partial charge in [-0.1, -0.05) is 30.3 Å². The lowest BCUT2D eigenvalue weighted by molar-refractivity contribution is -0.125. The van der Waals surface area contributed by atoms with Crippen LogP contribution in [0.1, 0.15) is 34.6 Å². The van der Waals surface area contributed by atoms with Gasteiger partial charge in [0.05, 0.1) is 24.8 Å². The normalized spacial score (nSPS) is 15.5. The van der Waals surface area contributed by atoms with Crippen LogP contribution in [0.25, 0.3) is 11.0 Å². The molecular weight excluding hydrogens is 396 g/mol. The van der Waals surface area contributed by atoms with E-state index in [9.17, 15) is 9.59 Å². The predicted molar refractivity (Wildman–Crippen MR) is 116 cm³/mol. The molecule has 4 rings (SSSR count). The van der Waals surface area contributed by atoms with E-state index in [1.165, 1.54) is 0 Å². The van der Waals surface area contributed by atoms with E-state index in [0.717, 1.165) is 49.4 Å². The maximum atomic E-state index is 12.3. The molecule has 7 heteroatoms. The number of hydrogen-bond donors (Lipinski definition) is 1. The van der Waals surface area contributed by atoms with Crippen LogP contribution in [-0.2, 0) is 20.8 Å². The van der Waals surface area contributed by atoms with Gasteiger partial charge in [0, 0.05) is 25.0 Å². The van der Waals surface area contributed by atoms with Crippen LogP contribution in [0.3, 0.4) is 0 Å². The minimum atomic E-state index is -0.524. The number of benzene rings is 2. The first-order valence-electron chi connectivity index (χ1n) is 10.4. The summed E-state index contributed by atoms with van der Waals surface area (Å²) in [6, 6.07) is 16.5. The molecule has 1 aliphatic rings. The van der Waals surface area contributed by atoms with Crippen molar-refractivity contribution in [2.75, 3.05) is 32.9 Å². The molecular formula is C24H26N2O5. The van der Waals surface area contributed by atoms with E-state index >= 15 is 0 Å². The second kappa shape index (κ2) is 9.76. The van der Waals surface area contributed by atoms with Crippen LogP contribution in [0.4, 0.5) is 0 Å². The van der Waals surface area contributed by atoms with Gasteiger partial charge in [-0.15, -0.1) is 0 Å². The van der Waals surface area contributed by atoms with Crippen LogP contribution in [0, 0.1) is 0 Å². The highest BCUT2D eigenvalue weighted by molar-refractivity contribution is 5.91. The largest absolute Gasteiger partial charge is 0.459 e. The van der Waals surface area contributed by atoms with Gasteiger partial charge in [0.25, 0.3) is 5.91 Å². The molecule has 1 aromatic heterocycles. The van der Waals surface area contributed by atoms with Crippen molar-refractivity contribution in [2.45, 2.75) is 19.5 Å². The molecule has 3 aromatic rings. The van der Waals surface area contributed by atoms with Gasteiger partial charge >= 0.3 is 5.97 Å². The average molecular weight is 422 g/mol. The number of amides is 1. The minimum Gasteiger partial charge on any atom is -0.459 e. The molecule has 1 saturated heterocycles. The average Bonchev–Trinajstić information content (AvgIpc) is 3.23. The Labute approximate surface area is 180 Å². The second-order valence-corrected chi connectivity index (χ2v) is 7.64. The third kappa shape index (κ3) is 5.51. The number of carbonyl (C=O) groups excluding carboxylic acids is 2. The van der Waals surface area contributed by atoms with Crippen molar-refractivity contribution >= 4 is 22.8 Å². The third-order valence-corrected chi connectivity index (χ3v) is 5.28. The number of esters is 1. The summed E-state index contributed by atoms with van der Waals surface area (Å²) in [5.41, 5.74) is 2.31. The Hall–Kier alpha value is -3.16. The highest BCUT2D eigenvalue weighted by atomic mass is 16.5. The second-order valence-electron chi connectivity index (χ2n) is 7.64. The fourth-order valence-corrected chi connectivity index (χ4v) is 3.55. The monoisotopic (exact) mass is 422 g/mol.